The van der Waals surface area contributed by atoms with Crippen LogP contribution in [0.15, 0.2) is 60.2 Å². The highest BCUT2D eigenvalue weighted by Crippen LogP contribution is 2.42. The third-order valence-corrected chi connectivity index (χ3v) is 6.18. The molecule has 2 unspecified atom stereocenters. The number of carbonyl (C=O) groups is 1. The number of piperidine rings is 1. The minimum atomic E-state index is -0.0316. The van der Waals surface area contributed by atoms with Gasteiger partial charge in [0.05, 0.1) is 12.6 Å². The zero-order valence-electron chi connectivity index (χ0n) is 16.9. The molecule has 2 fully saturated rings. The van der Waals surface area contributed by atoms with Gasteiger partial charge in [0.25, 0.3) is 5.91 Å². The molecule has 2 aliphatic rings. The van der Waals surface area contributed by atoms with Crippen molar-refractivity contribution < 1.29 is 4.79 Å². The molecule has 2 aliphatic heterocycles. The fourth-order valence-electron chi connectivity index (χ4n) is 4.88. The predicted molar refractivity (Wildman–Crippen MR) is 115 cm³/mol. The molecule has 2 atom stereocenters. The summed E-state index contributed by atoms with van der Waals surface area (Å²) in [7, 11) is 0. The Hall–Kier alpha value is -2.90. The van der Waals surface area contributed by atoms with E-state index in [2.05, 4.69) is 52.7 Å². The largest absolute Gasteiger partial charge is 0.352 e. The first kappa shape index (κ1) is 19.4. The van der Waals surface area contributed by atoms with Crippen molar-refractivity contribution >= 4 is 11.5 Å². The van der Waals surface area contributed by atoms with Gasteiger partial charge in [-0.2, -0.15) is 5.26 Å². The Morgan fingerprint density at radius 1 is 1.00 bits per heavy atom. The molecule has 1 amide bonds. The molecular weight excluding hydrogens is 358 g/mol. The lowest BCUT2D eigenvalue weighted by Crippen LogP contribution is -2.40. The molecule has 4 nitrogen and oxygen atoms in total. The van der Waals surface area contributed by atoms with Crippen LogP contribution in [0.3, 0.4) is 0 Å². The van der Waals surface area contributed by atoms with Gasteiger partial charge in [-0.3, -0.25) is 9.69 Å². The fraction of sp³-hybridized carbons (Fsp3) is 0.360. The summed E-state index contributed by atoms with van der Waals surface area (Å²) in [5.41, 5.74) is 5.84. The SMILES string of the molecule is CCNC(=O)c1ccc(C(=C2CC3CCC(C2)N3CC#N)c2ccccc2)cc1. The molecule has 2 aromatic carbocycles. The van der Waals surface area contributed by atoms with Gasteiger partial charge in [0.15, 0.2) is 0 Å². The van der Waals surface area contributed by atoms with E-state index >= 15 is 0 Å². The highest BCUT2D eigenvalue weighted by atomic mass is 16.1. The van der Waals surface area contributed by atoms with Crippen molar-refractivity contribution in [3.05, 3.63) is 76.9 Å². The van der Waals surface area contributed by atoms with Crippen molar-refractivity contribution in [1.29, 1.82) is 5.26 Å². The van der Waals surface area contributed by atoms with Gasteiger partial charge in [0, 0.05) is 24.2 Å². The number of hydrogen-bond acceptors (Lipinski definition) is 3. The first-order chi connectivity index (χ1) is 14.2. The summed E-state index contributed by atoms with van der Waals surface area (Å²) in [6.45, 7) is 3.09. The molecule has 2 heterocycles. The van der Waals surface area contributed by atoms with Crippen LogP contribution in [0.2, 0.25) is 0 Å². The molecule has 2 bridgehead atoms. The number of benzene rings is 2. The molecule has 29 heavy (non-hydrogen) atoms. The summed E-state index contributed by atoms with van der Waals surface area (Å²) in [5.74, 6) is -0.0316. The van der Waals surface area contributed by atoms with Crippen LogP contribution in [0.1, 0.15) is 54.1 Å². The Morgan fingerprint density at radius 3 is 2.17 bits per heavy atom. The number of rotatable bonds is 5. The summed E-state index contributed by atoms with van der Waals surface area (Å²) >= 11 is 0. The topological polar surface area (TPSA) is 56.1 Å². The van der Waals surface area contributed by atoms with Crippen LogP contribution in [0.4, 0.5) is 0 Å². The molecule has 0 spiro atoms. The van der Waals surface area contributed by atoms with Gasteiger partial charge in [-0.15, -0.1) is 0 Å². The number of nitrogens with zero attached hydrogens (tertiary/aromatic N) is 2. The average molecular weight is 386 g/mol. The monoisotopic (exact) mass is 385 g/mol. The second-order valence-electron chi connectivity index (χ2n) is 7.91. The van der Waals surface area contributed by atoms with E-state index < -0.39 is 0 Å². The molecule has 4 heteroatoms. The second kappa shape index (κ2) is 8.63. The van der Waals surface area contributed by atoms with Gasteiger partial charge < -0.3 is 5.32 Å². The zero-order chi connectivity index (χ0) is 20.2. The van der Waals surface area contributed by atoms with Gasteiger partial charge in [-0.25, -0.2) is 0 Å². The van der Waals surface area contributed by atoms with E-state index in [1.165, 1.54) is 29.6 Å². The van der Waals surface area contributed by atoms with Crippen LogP contribution in [-0.4, -0.2) is 36.0 Å². The number of fused-ring (bicyclic) bond motifs is 2. The quantitative estimate of drug-likeness (QED) is 0.777. The Morgan fingerprint density at radius 2 is 1.59 bits per heavy atom. The maximum absolute atomic E-state index is 12.1. The van der Waals surface area contributed by atoms with E-state index in [0.717, 1.165) is 18.4 Å². The lowest BCUT2D eigenvalue weighted by molar-refractivity contribution is 0.0956. The predicted octanol–water partition coefficient (Wildman–Crippen LogP) is 4.39. The van der Waals surface area contributed by atoms with E-state index in [1.807, 2.05) is 25.1 Å². The van der Waals surface area contributed by atoms with Crippen molar-refractivity contribution in [3.63, 3.8) is 0 Å². The van der Waals surface area contributed by atoms with Crippen LogP contribution in [0.5, 0.6) is 0 Å². The molecule has 0 aliphatic carbocycles. The second-order valence-corrected chi connectivity index (χ2v) is 7.91. The van der Waals surface area contributed by atoms with Crippen LogP contribution in [-0.2, 0) is 0 Å². The Kier molecular flexibility index (Phi) is 5.78. The summed E-state index contributed by atoms with van der Waals surface area (Å²) in [4.78, 5) is 14.5. The standard InChI is InChI=1S/C25H27N3O/c1-2-27-25(29)20-10-8-19(9-11-20)24(18-6-4-3-5-7-18)21-16-22-12-13-23(17-21)28(22)15-14-26/h3-11,22-23H,2,12-13,15-17H2,1H3,(H,27,29). The van der Waals surface area contributed by atoms with Crippen molar-refractivity contribution in [2.45, 2.75) is 44.7 Å². The van der Waals surface area contributed by atoms with Gasteiger partial charge in [-0.05, 0) is 61.4 Å². The van der Waals surface area contributed by atoms with Crippen molar-refractivity contribution in [3.8, 4) is 6.07 Å². The van der Waals surface area contributed by atoms with Crippen molar-refractivity contribution in [1.82, 2.24) is 10.2 Å². The molecule has 0 radical (unpaired) electrons. The normalized spacial score (nSPS) is 20.9. The Bertz CT molecular complexity index is 924. The molecule has 4 rings (SSSR count). The van der Waals surface area contributed by atoms with Crippen LogP contribution in [0.25, 0.3) is 5.57 Å². The van der Waals surface area contributed by atoms with Crippen LogP contribution >= 0.6 is 0 Å². The zero-order valence-corrected chi connectivity index (χ0v) is 16.9. The molecular formula is C25H27N3O. The van der Waals surface area contributed by atoms with E-state index in [0.29, 0.717) is 30.7 Å². The van der Waals surface area contributed by atoms with E-state index in [4.69, 9.17) is 0 Å². The summed E-state index contributed by atoms with van der Waals surface area (Å²) in [6, 6.07) is 21.8. The average Bonchev–Trinajstić information content (AvgIpc) is 2.98. The molecule has 2 aromatic rings. The number of carbonyl (C=O) groups excluding carboxylic acids is 1. The lowest BCUT2D eigenvalue weighted by Gasteiger charge is -2.35. The summed E-state index contributed by atoms with van der Waals surface area (Å²) in [5, 5.41) is 12.0. The highest BCUT2D eigenvalue weighted by Gasteiger charge is 2.39. The number of nitrogens with one attached hydrogen (secondary N) is 1. The Balaban J connectivity index is 1.72. The third-order valence-electron chi connectivity index (χ3n) is 6.18. The first-order valence-corrected chi connectivity index (χ1v) is 10.5. The molecule has 0 saturated carbocycles. The van der Waals surface area contributed by atoms with Gasteiger partial charge in [0.1, 0.15) is 0 Å². The molecule has 148 valence electrons. The van der Waals surface area contributed by atoms with Crippen LogP contribution < -0.4 is 5.32 Å². The van der Waals surface area contributed by atoms with E-state index in [1.54, 1.807) is 0 Å². The number of hydrogen-bond donors (Lipinski definition) is 1. The van der Waals surface area contributed by atoms with Gasteiger partial charge >= 0.3 is 0 Å². The molecule has 1 N–H and O–H groups in total. The number of nitriles is 1. The van der Waals surface area contributed by atoms with Gasteiger partial charge in [-0.1, -0.05) is 48.0 Å². The minimum absolute atomic E-state index is 0.0316. The van der Waals surface area contributed by atoms with E-state index in [9.17, 15) is 10.1 Å². The Labute approximate surface area is 172 Å². The van der Waals surface area contributed by atoms with E-state index in [-0.39, 0.29) is 5.91 Å². The number of amides is 1. The van der Waals surface area contributed by atoms with Crippen molar-refractivity contribution in [2.75, 3.05) is 13.1 Å². The lowest BCUT2D eigenvalue weighted by atomic mass is 9.85. The molecule has 0 aromatic heterocycles. The fourth-order valence-corrected chi connectivity index (χ4v) is 4.88. The minimum Gasteiger partial charge on any atom is -0.352 e. The third kappa shape index (κ3) is 3.97. The highest BCUT2D eigenvalue weighted by molar-refractivity contribution is 5.95. The maximum atomic E-state index is 12.1. The first-order valence-electron chi connectivity index (χ1n) is 10.5. The maximum Gasteiger partial charge on any atom is 0.251 e. The van der Waals surface area contributed by atoms with Crippen LogP contribution in [0, 0.1) is 11.3 Å². The smallest absolute Gasteiger partial charge is 0.251 e. The summed E-state index contributed by atoms with van der Waals surface area (Å²) < 4.78 is 0. The van der Waals surface area contributed by atoms with Crippen molar-refractivity contribution in [2.24, 2.45) is 0 Å². The summed E-state index contributed by atoms with van der Waals surface area (Å²) in [6.07, 6.45) is 4.38. The molecule has 2 saturated heterocycles. The van der Waals surface area contributed by atoms with Gasteiger partial charge in [0.2, 0.25) is 0 Å².